The van der Waals surface area contributed by atoms with Crippen LogP contribution in [0.2, 0.25) is 0 Å². The average Bonchev–Trinajstić information content (AvgIpc) is 2.53. The first-order valence-electron chi connectivity index (χ1n) is 7.09. The third-order valence-electron chi connectivity index (χ3n) is 3.81. The minimum Gasteiger partial charge on any atom is -0.380 e. The Bertz CT molecular complexity index is 596. The lowest BCUT2D eigenvalue weighted by Crippen LogP contribution is -2.39. The summed E-state index contributed by atoms with van der Waals surface area (Å²) in [7, 11) is 0. The maximum Gasteiger partial charge on any atom is 0.146 e. The lowest BCUT2D eigenvalue weighted by Gasteiger charge is -2.34. The molecule has 3 rings (SSSR count). The molecule has 0 radical (unpaired) electrons. The Kier molecular flexibility index (Phi) is 3.99. The predicted octanol–water partition coefficient (Wildman–Crippen LogP) is 3.44. The van der Waals surface area contributed by atoms with Crippen LogP contribution < -0.4 is 10.2 Å². The summed E-state index contributed by atoms with van der Waals surface area (Å²) in [6.07, 6.45) is 5.33. The summed E-state index contributed by atoms with van der Waals surface area (Å²) in [5.74, 6) is -0.832. The van der Waals surface area contributed by atoms with E-state index in [0.29, 0.717) is 0 Å². The molecule has 1 fully saturated rings. The molecule has 5 heteroatoms. The van der Waals surface area contributed by atoms with Crippen molar-refractivity contribution in [3.05, 3.63) is 54.4 Å². The number of pyridine rings is 1. The predicted molar refractivity (Wildman–Crippen MR) is 79.5 cm³/mol. The van der Waals surface area contributed by atoms with Crippen LogP contribution in [-0.4, -0.2) is 24.1 Å². The van der Waals surface area contributed by atoms with Gasteiger partial charge in [-0.25, -0.2) is 8.78 Å². The second-order valence-corrected chi connectivity index (χ2v) is 5.24. The molecule has 0 bridgehead atoms. The van der Waals surface area contributed by atoms with Crippen molar-refractivity contribution in [1.82, 2.24) is 4.98 Å². The summed E-state index contributed by atoms with van der Waals surface area (Å²) >= 11 is 0. The zero-order chi connectivity index (χ0) is 14.7. The van der Waals surface area contributed by atoms with Gasteiger partial charge < -0.3 is 10.2 Å². The summed E-state index contributed by atoms with van der Waals surface area (Å²) in [5.41, 5.74) is 1.40. The molecule has 2 aromatic rings. The standard InChI is InChI=1S/C16H17F2N3/c17-12-1-2-15(18)16(11-12)20-13-5-9-21(10-6-13)14-3-7-19-8-4-14/h1-4,7-8,11,13,20H,5-6,9-10H2. The highest BCUT2D eigenvalue weighted by Crippen LogP contribution is 2.23. The topological polar surface area (TPSA) is 28.2 Å². The summed E-state index contributed by atoms with van der Waals surface area (Å²) in [4.78, 5) is 6.29. The SMILES string of the molecule is Fc1ccc(F)c(NC2CCN(c3ccncc3)CC2)c1. The van der Waals surface area contributed by atoms with E-state index in [-0.39, 0.29) is 11.7 Å². The van der Waals surface area contributed by atoms with Gasteiger partial charge in [0.05, 0.1) is 5.69 Å². The van der Waals surface area contributed by atoms with Crippen molar-refractivity contribution in [2.24, 2.45) is 0 Å². The summed E-state index contributed by atoms with van der Waals surface area (Å²) in [5, 5.41) is 3.11. The van der Waals surface area contributed by atoms with Gasteiger partial charge in [0.15, 0.2) is 0 Å². The van der Waals surface area contributed by atoms with Crippen LogP contribution in [0.25, 0.3) is 0 Å². The fourth-order valence-corrected chi connectivity index (χ4v) is 2.66. The maximum atomic E-state index is 13.6. The third kappa shape index (κ3) is 3.29. The quantitative estimate of drug-likeness (QED) is 0.938. The lowest BCUT2D eigenvalue weighted by molar-refractivity contribution is 0.521. The van der Waals surface area contributed by atoms with E-state index in [0.717, 1.165) is 43.8 Å². The van der Waals surface area contributed by atoms with Gasteiger partial charge in [0.2, 0.25) is 0 Å². The van der Waals surface area contributed by atoms with Crippen LogP contribution in [0.3, 0.4) is 0 Å². The molecule has 0 unspecified atom stereocenters. The van der Waals surface area contributed by atoms with E-state index in [4.69, 9.17) is 0 Å². The lowest BCUT2D eigenvalue weighted by atomic mass is 10.0. The zero-order valence-corrected chi connectivity index (χ0v) is 11.6. The number of piperidine rings is 1. The molecule has 0 saturated carbocycles. The minimum absolute atomic E-state index is 0.166. The molecule has 110 valence electrons. The van der Waals surface area contributed by atoms with Crippen molar-refractivity contribution >= 4 is 11.4 Å². The molecule has 1 N–H and O–H groups in total. The number of benzene rings is 1. The van der Waals surface area contributed by atoms with Crippen molar-refractivity contribution < 1.29 is 8.78 Å². The Morgan fingerprint density at radius 1 is 1.05 bits per heavy atom. The smallest absolute Gasteiger partial charge is 0.146 e. The monoisotopic (exact) mass is 289 g/mol. The van der Waals surface area contributed by atoms with E-state index < -0.39 is 11.6 Å². The van der Waals surface area contributed by atoms with Crippen LogP contribution in [0, 0.1) is 11.6 Å². The van der Waals surface area contributed by atoms with Gasteiger partial charge in [-0.3, -0.25) is 4.98 Å². The molecule has 1 aliphatic heterocycles. The van der Waals surface area contributed by atoms with Crippen molar-refractivity contribution in [3.8, 4) is 0 Å². The van der Waals surface area contributed by atoms with E-state index in [2.05, 4.69) is 15.2 Å². The fraction of sp³-hybridized carbons (Fsp3) is 0.312. The number of nitrogens with zero attached hydrogens (tertiary/aromatic N) is 2. The highest BCUT2D eigenvalue weighted by Gasteiger charge is 2.20. The van der Waals surface area contributed by atoms with Crippen molar-refractivity contribution in [2.45, 2.75) is 18.9 Å². The van der Waals surface area contributed by atoms with Crippen LogP contribution in [0.4, 0.5) is 20.2 Å². The largest absolute Gasteiger partial charge is 0.380 e. The van der Waals surface area contributed by atoms with Crippen LogP contribution >= 0.6 is 0 Å². The number of hydrogen-bond acceptors (Lipinski definition) is 3. The maximum absolute atomic E-state index is 13.6. The van der Waals surface area contributed by atoms with E-state index in [1.165, 1.54) is 6.07 Å². The average molecular weight is 289 g/mol. The first-order chi connectivity index (χ1) is 10.2. The van der Waals surface area contributed by atoms with E-state index in [1.54, 1.807) is 12.4 Å². The Balaban J connectivity index is 1.60. The van der Waals surface area contributed by atoms with Crippen LogP contribution in [0.5, 0.6) is 0 Å². The normalized spacial score (nSPS) is 16.0. The van der Waals surface area contributed by atoms with Gasteiger partial charge >= 0.3 is 0 Å². The van der Waals surface area contributed by atoms with Gasteiger partial charge in [0.1, 0.15) is 11.6 Å². The highest BCUT2D eigenvalue weighted by molar-refractivity contribution is 5.48. The Morgan fingerprint density at radius 2 is 1.76 bits per heavy atom. The Hall–Kier alpha value is -2.17. The van der Waals surface area contributed by atoms with E-state index in [1.807, 2.05) is 12.1 Å². The summed E-state index contributed by atoms with van der Waals surface area (Å²) in [6.45, 7) is 1.78. The molecule has 2 heterocycles. The van der Waals surface area contributed by atoms with Crippen LogP contribution in [-0.2, 0) is 0 Å². The van der Waals surface area contributed by atoms with Crippen LogP contribution in [0.15, 0.2) is 42.7 Å². The van der Waals surface area contributed by atoms with Crippen LogP contribution in [0.1, 0.15) is 12.8 Å². The Labute approximate surface area is 122 Å². The van der Waals surface area contributed by atoms with E-state index >= 15 is 0 Å². The van der Waals surface area contributed by atoms with Crippen molar-refractivity contribution in [1.29, 1.82) is 0 Å². The first kappa shape index (κ1) is 13.8. The van der Waals surface area contributed by atoms with Gasteiger partial charge in [-0.1, -0.05) is 0 Å². The molecule has 0 aliphatic carbocycles. The molecule has 0 spiro atoms. The molecule has 0 amide bonds. The second kappa shape index (κ2) is 6.08. The third-order valence-corrected chi connectivity index (χ3v) is 3.81. The molecular formula is C16H17F2N3. The molecular weight excluding hydrogens is 272 g/mol. The molecule has 0 atom stereocenters. The minimum atomic E-state index is -0.423. The number of rotatable bonds is 3. The molecule has 3 nitrogen and oxygen atoms in total. The first-order valence-corrected chi connectivity index (χ1v) is 7.09. The van der Waals surface area contributed by atoms with Gasteiger partial charge in [-0.05, 0) is 43.2 Å². The molecule has 1 aliphatic rings. The molecule has 1 aromatic carbocycles. The highest BCUT2D eigenvalue weighted by atomic mass is 19.1. The van der Waals surface area contributed by atoms with Crippen molar-refractivity contribution in [3.63, 3.8) is 0 Å². The molecule has 21 heavy (non-hydrogen) atoms. The van der Waals surface area contributed by atoms with Gasteiger partial charge in [-0.2, -0.15) is 0 Å². The summed E-state index contributed by atoms with van der Waals surface area (Å²) in [6, 6.07) is 7.64. The number of hydrogen-bond donors (Lipinski definition) is 1. The number of anilines is 2. The van der Waals surface area contributed by atoms with Gasteiger partial charge in [0, 0.05) is 37.2 Å². The van der Waals surface area contributed by atoms with Crippen molar-refractivity contribution in [2.75, 3.05) is 23.3 Å². The Morgan fingerprint density at radius 3 is 2.48 bits per heavy atom. The van der Waals surface area contributed by atoms with E-state index in [9.17, 15) is 8.78 Å². The fourth-order valence-electron chi connectivity index (χ4n) is 2.66. The molecule has 1 aromatic heterocycles. The molecule has 1 saturated heterocycles. The number of halogens is 2. The van der Waals surface area contributed by atoms with Gasteiger partial charge in [-0.15, -0.1) is 0 Å². The number of nitrogens with one attached hydrogen (secondary N) is 1. The summed E-state index contributed by atoms with van der Waals surface area (Å²) < 4.78 is 26.8. The zero-order valence-electron chi connectivity index (χ0n) is 11.6. The second-order valence-electron chi connectivity index (χ2n) is 5.24. The number of aromatic nitrogens is 1. The van der Waals surface area contributed by atoms with Gasteiger partial charge in [0.25, 0.3) is 0 Å².